The normalized spacial score (nSPS) is 20.2. The Balaban J connectivity index is 1.71. The van der Waals surface area contributed by atoms with Gasteiger partial charge in [-0.15, -0.1) is 0 Å². The summed E-state index contributed by atoms with van der Waals surface area (Å²) in [5.74, 6) is 0. The van der Waals surface area contributed by atoms with Gasteiger partial charge in [-0.2, -0.15) is 0 Å². The van der Waals surface area contributed by atoms with Gasteiger partial charge in [-0.3, -0.25) is 0 Å². The molecular formula is C13H19NO2. The lowest BCUT2D eigenvalue weighted by Gasteiger charge is -2.10. The van der Waals surface area contributed by atoms with Crippen LogP contribution in [-0.4, -0.2) is 24.3 Å². The molecule has 88 valence electrons. The maximum atomic E-state index is 8.91. The minimum atomic E-state index is 0.104. The third-order valence-electron chi connectivity index (χ3n) is 2.96. The third-order valence-corrected chi connectivity index (χ3v) is 2.96. The molecule has 0 radical (unpaired) electrons. The number of aliphatic hydroxyl groups is 1. The van der Waals surface area contributed by atoms with Gasteiger partial charge in [0.25, 0.3) is 0 Å². The number of aliphatic hydroxyl groups excluding tert-OH is 1. The van der Waals surface area contributed by atoms with Crippen molar-refractivity contribution in [1.82, 2.24) is 5.32 Å². The Kier molecular flexibility index (Phi) is 4.34. The topological polar surface area (TPSA) is 41.5 Å². The summed E-state index contributed by atoms with van der Waals surface area (Å²) < 4.78 is 5.65. The van der Waals surface area contributed by atoms with E-state index in [1.807, 2.05) is 24.3 Å². The molecule has 0 amide bonds. The first-order valence-electron chi connectivity index (χ1n) is 5.88. The van der Waals surface area contributed by atoms with Crippen LogP contribution in [0.5, 0.6) is 0 Å². The van der Waals surface area contributed by atoms with Crippen LogP contribution < -0.4 is 5.32 Å². The van der Waals surface area contributed by atoms with Crippen molar-refractivity contribution >= 4 is 0 Å². The molecule has 1 aromatic carbocycles. The molecule has 1 atom stereocenters. The SMILES string of the molecule is OCc1ccc(COCC2CCCN2)cc1. The molecule has 1 heterocycles. The van der Waals surface area contributed by atoms with Crippen molar-refractivity contribution in [3.05, 3.63) is 35.4 Å². The predicted octanol–water partition coefficient (Wildman–Crippen LogP) is 1.45. The molecular weight excluding hydrogens is 202 g/mol. The Hall–Kier alpha value is -0.900. The number of ether oxygens (including phenoxy) is 1. The first-order chi connectivity index (χ1) is 7.88. The Morgan fingerprint density at radius 2 is 2.00 bits per heavy atom. The van der Waals surface area contributed by atoms with Gasteiger partial charge in [0.05, 0.1) is 19.8 Å². The lowest BCUT2D eigenvalue weighted by Crippen LogP contribution is -2.26. The molecule has 1 fully saturated rings. The van der Waals surface area contributed by atoms with Crippen molar-refractivity contribution in [2.24, 2.45) is 0 Å². The minimum absolute atomic E-state index is 0.104. The molecule has 1 aliphatic heterocycles. The summed E-state index contributed by atoms with van der Waals surface area (Å²) in [4.78, 5) is 0. The van der Waals surface area contributed by atoms with Gasteiger partial charge < -0.3 is 15.2 Å². The second-order valence-corrected chi connectivity index (χ2v) is 4.28. The van der Waals surface area contributed by atoms with Crippen molar-refractivity contribution < 1.29 is 9.84 Å². The van der Waals surface area contributed by atoms with Gasteiger partial charge in [0.2, 0.25) is 0 Å². The second kappa shape index (κ2) is 5.99. The molecule has 1 aliphatic rings. The first kappa shape index (κ1) is 11.6. The maximum Gasteiger partial charge on any atom is 0.0717 e. The summed E-state index contributed by atoms with van der Waals surface area (Å²) in [7, 11) is 0. The second-order valence-electron chi connectivity index (χ2n) is 4.28. The summed E-state index contributed by atoms with van der Waals surface area (Å²) in [5, 5.41) is 12.3. The summed E-state index contributed by atoms with van der Waals surface area (Å²) in [6.07, 6.45) is 2.49. The Morgan fingerprint density at radius 1 is 1.25 bits per heavy atom. The lowest BCUT2D eigenvalue weighted by atomic mass is 10.1. The van der Waals surface area contributed by atoms with Gasteiger partial charge >= 0.3 is 0 Å². The molecule has 0 bridgehead atoms. The van der Waals surface area contributed by atoms with Crippen LogP contribution in [0.3, 0.4) is 0 Å². The predicted molar refractivity (Wildman–Crippen MR) is 63.0 cm³/mol. The molecule has 0 saturated carbocycles. The van der Waals surface area contributed by atoms with Gasteiger partial charge in [0, 0.05) is 6.04 Å². The van der Waals surface area contributed by atoms with E-state index in [0.29, 0.717) is 12.6 Å². The van der Waals surface area contributed by atoms with E-state index in [4.69, 9.17) is 9.84 Å². The zero-order chi connectivity index (χ0) is 11.2. The fourth-order valence-corrected chi connectivity index (χ4v) is 1.96. The molecule has 0 aromatic heterocycles. The van der Waals surface area contributed by atoms with Crippen molar-refractivity contribution in [2.45, 2.75) is 32.1 Å². The molecule has 3 heteroatoms. The number of rotatable bonds is 5. The molecule has 0 aliphatic carbocycles. The summed E-state index contributed by atoms with van der Waals surface area (Å²) in [6, 6.07) is 8.43. The number of benzene rings is 1. The standard InChI is InChI=1S/C13H19NO2/c15-8-11-3-5-12(6-4-11)9-16-10-13-2-1-7-14-13/h3-6,13-15H,1-2,7-10H2. The van der Waals surface area contributed by atoms with E-state index >= 15 is 0 Å². The van der Waals surface area contributed by atoms with Crippen molar-refractivity contribution in [3.63, 3.8) is 0 Å². The lowest BCUT2D eigenvalue weighted by molar-refractivity contribution is 0.103. The number of hydrogen-bond acceptors (Lipinski definition) is 3. The average molecular weight is 221 g/mol. The molecule has 2 N–H and O–H groups in total. The summed E-state index contributed by atoms with van der Waals surface area (Å²) >= 11 is 0. The van der Waals surface area contributed by atoms with E-state index < -0.39 is 0 Å². The van der Waals surface area contributed by atoms with Gasteiger partial charge in [-0.1, -0.05) is 24.3 Å². The highest BCUT2D eigenvalue weighted by Gasteiger charge is 2.13. The van der Waals surface area contributed by atoms with Crippen molar-refractivity contribution in [2.75, 3.05) is 13.2 Å². The maximum absolute atomic E-state index is 8.91. The monoisotopic (exact) mass is 221 g/mol. The Morgan fingerprint density at radius 3 is 2.62 bits per heavy atom. The fraction of sp³-hybridized carbons (Fsp3) is 0.538. The Labute approximate surface area is 96.4 Å². The third kappa shape index (κ3) is 3.30. The molecule has 0 spiro atoms. The molecule has 1 aromatic rings. The van der Waals surface area contributed by atoms with Crippen LogP contribution in [0.2, 0.25) is 0 Å². The van der Waals surface area contributed by atoms with E-state index in [-0.39, 0.29) is 6.61 Å². The quantitative estimate of drug-likeness (QED) is 0.790. The van der Waals surface area contributed by atoms with Crippen LogP contribution in [0.4, 0.5) is 0 Å². The highest BCUT2D eigenvalue weighted by Crippen LogP contribution is 2.08. The highest BCUT2D eigenvalue weighted by atomic mass is 16.5. The average Bonchev–Trinajstić information content (AvgIpc) is 2.83. The van der Waals surface area contributed by atoms with E-state index in [0.717, 1.165) is 24.3 Å². The van der Waals surface area contributed by atoms with E-state index in [9.17, 15) is 0 Å². The van der Waals surface area contributed by atoms with E-state index in [1.165, 1.54) is 12.8 Å². The van der Waals surface area contributed by atoms with Gasteiger partial charge in [-0.05, 0) is 30.5 Å². The molecule has 1 unspecified atom stereocenters. The molecule has 2 rings (SSSR count). The van der Waals surface area contributed by atoms with Crippen LogP contribution in [0.15, 0.2) is 24.3 Å². The fourth-order valence-electron chi connectivity index (χ4n) is 1.96. The zero-order valence-corrected chi connectivity index (χ0v) is 9.48. The van der Waals surface area contributed by atoms with Crippen LogP contribution in [0.25, 0.3) is 0 Å². The van der Waals surface area contributed by atoms with Crippen LogP contribution >= 0.6 is 0 Å². The van der Waals surface area contributed by atoms with E-state index in [1.54, 1.807) is 0 Å². The van der Waals surface area contributed by atoms with Gasteiger partial charge in [-0.25, -0.2) is 0 Å². The Bertz CT molecular complexity index is 304. The molecule has 16 heavy (non-hydrogen) atoms. The number of hydrogen-bond donors (Lipinski definition) is 2. The van der Waals surface area contributed by atoms with Crippen LogP contribution in [-0.2, 0) is 18.0 Å². The zero-order valence-electron chi connectivity index (χ0n) is 9.48. The van der Waals surface area contributed by atoms with Crippen molar-refractivity contribution in [1.29, 1.82) is 0 Å². The van der Waals surface area contributed by atoms with Crippen LogP contribution in [0, 0.1) is 0 Å². The molecule has 1 saturated heterocycles. The summed E-state index contributed by atoms with van der Waals surface area (Å²) in [6.45, 7) is 2.68. The highest BCUT2D eigenvalue weighted by molar-refractivity contribution is 5.21. The van der Waals surface area contributed by atoms with Crippen molar-refractivity contribution in [3.8, 4) is 0 Å². The minimum Gasteiger partial charge on any atom is -0.392 e. The van der Waals surface area contributed by atoms with Gasteiger partial charge in [0.15, 0.2) is 0 Å². The van der Waals surface area contributed by atoms with E-state index in [2.05, 4.69) is 5.32 Å². The number of nitrogens with one attached hydrogen (secondary N) is 1. The largest absolute Gasteiger partial charge is 0.392 e. The molecule has 3 nitrogen and oxygen atoms in total. The van der Waals surface area contributed by atoms with Gasteiger partial charge in [0.1, 0.15) is 0 Å². The van der Waals surface area contributed by atoms with Crippen LogP contribution in [0.1, 0.15) is 24.0 Å². The smallest absolute Gasteiger partial charge is 0.0717 e. The first-order valence-corrected chi connectivity index (χ1v) is 5.88. The summed E-state index contributed by atoms with van der Waals surface area (Å²) in [5.41, 5.74) is 2.11.